The van der Waals surface area contributed by atoms with E-state index in [0.29, 0.717) is 29.0 Å². The number of ether oxygens (including phenoxy) is 1. The van der Waals surface area contributed by atoms with Crippen molar-refractivity contribution in [3.8, 4) is 0 Å². The maximum absolute atomic E-state index is 12.9. The molecule has 2 aromatic rings. The van der Waals surface area contributed by atoms with Gasteiger partial charge in [0.15, 0.2) is 5.16 Å². The van der Waals surface area contributed by atoms with Crippen molar-refractivity contribution in [3.63, 3.8) is 0 Å². The van der Waals surface area contributed by atoms with Gasteiger partial charge < -0.3 is 14.5 Å². The Labute approximate surface area is 199 Å². The number of piperidine rings is 1. The molecule has 1 aromatic heterocycles. The minimum Gasteiger partial charge on any atom is -0.372 e. The van der Waals surface area contributed by atoms with Gasteiger partial charge in [-0.15, -0.1) is 0 Å². The van der Waals surface area contributed by atoms with E-state index in [1.165, 1.54) is 12.8 Å². The predicted octanol–water partition coefficient (Wildman–Crippen LogP) is 4.91. The fraction of sp³-hybridized carbons (Fsp3) is 0.542. The number of morpholine rings is 1. The van der Waals surface area contributed by atoms with Crippen LogP contribution in [-0.4, -0.2) is 59.2 Å². The SMILES string of the molecule is CC1CCN(c2cc(Cl)nc(SCc3ccc(C(=O)N4CC(C)OC(C)C4)cc3)n2)CC1. The van der Waals surface area contributed by atoms with Crippen molar-refractivity contribution in [1.29, 1.82) is 0 Å². The third-order valence-corrected chi connectivity index (χ3v) is 7.16. The zero-order valence-electron chi connectivity index (χ0n) is 19.0. The third-order valence-electron chi connectivity index (χ3n) is 6.04. The lowest BCUT2D eigenvalue weighted by molar-refractivity contribution is -0.0586. The summed E-state index contributed by atoms with van der Waals surface area (Å²) in [6, 6.07) is 9.68. The summed E-state index contributed by atoms with van der Waals surface area (Å²) in [7, 11) is 0. The average molecular weight is 475 g/mol. The van der Waals surface area contributed by atoms with Gasteiger partial charge in [0.2, 0.25) is 0 Å². The highest BCUT2D eigenvalue weighted by molar-refractivity contribution is 7.98. The molecule has 0 bridgehead atoms. The second kappa shape index (κ2) is 10.4. The van der Waals surface area contributed by atoms with Gasteiger partial charge in [0.05, 0.1) is 12.2 Å². The molecular weight excluding hydrogens is 444 g/mol. The normalized spacial score (nSPS) is 22.2. The van der Waals surface area contributed by atoms with E-state index in [2.05, 4.69) is 16.8 Å². The highest BCUT2D eigenvalue weighted by atomic mass is 35.5. The summed E-state index contributed by atoms with van der Waals surface area (Å²) in [6.45, 7) is 9.59. The van der Waals surface area contributed by atoms with E-state index in [-0.39, 0.29) is 18.1 Å². The molecule has 0 saturated carbocycles. The summed E-state index contributed by atoms with van der Waals surface area (Å²) in [5, 5.41) is 1.16. The van der Waals surface area contributed by atoms with Crippen molar-refractivity contribution in [3.05, 3.63) is 46.6 Å². The van der Waals surface area contributed by atoms with Gasteiger partial charge in [0.1, 0.15) is 11.0 Å². The Morgan fingerprint density at radius 3 is 2.41 bits per heavy atom. The Hall–Kier alpha value is -1.83. The van der Waals surface area contributed by atoms with Crippen LogP contribution in [0.25, 0.3) is 0 Å². The van der Waals surface area contributed by atoms with Crippen LogP contribution in [0.3, 0.4) is 0 Å². The number of carbonyl (C=O) groups is 1. The molecular formula is C24H31ClN4O2S. The lowest BCUT2D eigenvalue weighted by atomic mass is 9.99. The summed E-state index contributed by atoms with van der Waals surface area (Å²) in [5.41, 5.74) is 1.83. The standard InChI is InChI=1S/C24H31ClN4O2S/c1-16-8-10-28(11-9-16)22-12-21(25)26-24(27-22)32-15-19-4-6-20(7-5-19)23(30)29-13-17(2)31-18(3)14-29/h4-7,12,16-18H,8-11,13-15H2,1-3H3. The number of anilines is 1. The van der Waals surface area contributed by atoms with Crippen LogP contribution < -0.4 is 4.90 Å². The number of aromatic nitrogens is 2. The van der Waals surface area contributed by atoms with Crippen LogP contribution in [0.5, 0.6) is 0 Å². The molecule has 4 rings (SSSR count). The Kier molecular flexibility index (Phi) is 7.59. The molecule has 2 unspecified atom stereocenters. The predicted molar refractivity (Wildman–Crippen MR) is 130 cm³/mol. The molecule has 0 spiro atoms. The molecule has 2 atom stereocenters. The van der Waals surface area contributed by atoms with E-state index in [1.807, 2.05) is 49.1 Å². The molecule has 2 fully saturated rings. The van der Waals surface area contributed by atoms with Crippen LogP contribution in [0.4, 0.5) is 5.82 Å². The molecule has 1 amide bonds. The Bertz CT molecular complexity index is 924. The number of rotatable bonds is 5. The molecule has 2 aliphatic heterocycles. The van der Waals surface area contributed by atoms with Gasteiger partial charge in [-0.25, -0.2) is 9.97 Å². The number of nitrogens with zero attached hydrogens (tertiary/aromatic N) is 4. The van der Waals surface area contributed by atoms with Crippen LogP contribution in [0, 0.1) is 5.92 Å². The first-order valence-electron chi connectivity index (χ1n) is 11.3. The largest absolute Gasteiger partial charge is 0.372 e. The highest BCUT2D eigenvalue weighted by Crippen LogP contribution is 2.27. The van der Waals surface area contributed by atoms with E-state index >= 15 is 0 Å². The number of hydrogen-bond donors (Lipinski definition) is 0. The summed E-state index contributed by atoms with van der Waals surface area (Å²) in [6.07, 6.45) is 2.48. The zero-order chi connectivity index (χ0) is 22.7. The van der Waals surface area contributed by atoms with E-state index in [9.17, 15) is 4.79 Å². The minimum absolute atomic E-state index is 0.0601. The summed E-state index contributed by atoms with van der Waals surface area (Å²) < 4.78 is 5.73. The number of benzene rings is 1. The van der Waals surface area contributed by atoms with Crippen LogP contribution in [0.1, 0.15) is 49.5 Å². The second-order valence-electron chi connectivity index (χ2n) is 8.95. The number of hydrogen-bond acceptors (Lipinski definition) is 6. The molecule has 1 aromatic carbocycles. The second-order valence-corrected chi connectivity index (χ2v) is 10.3. The van der Waals surface area contributed by atoms with Gasteiger partial charge >= 0.3 is 0 Å². The van der Waals surface area contributed by atoms with E-state index < -0.39 is 0 Å². The first-order valence-corrected chi connectivity index (χ1v) is 12.7. The number of halogens is 1. The molecule has 2 saturated heterocycles. The van der Waals surface area contributed by atoms with Crippen LogP contribution in [-0.2, 0) is 10.5 Å². The van der Waals surface area contributed by atoms with Crippen molar-refractivity contribution in [2.75, 3.05) is 31.1 Å². The van der Waals surface area contributed by atoms with Gasteiger partial charge in [0, 0.05) is 43.6 Å². The molecule has 0 aliphatic carbocycles. The van der Waals surface area contributed by atoms with Crippen molar-refractivity contribution in [2.45, 2.75) is 56.7 Å². The van der Waals surface area contributed by atoms with Gasteiger partial charge in [-0.05, 0) is 50.3 Å². The molecule has 6 nitrogen and oxygen atoms in total. The number of carbonyl (C=O) groups excluding carboxylic acids is 1. The maximum atomic E-state index is 12.9. The maximum Gasteiger partial charge on any atom is 0.254 e. The van der Waals surface area contributed by atoms with Gasteiger partial charge in [-0.3, -0.25) is 4.79 Å². The fourth-order valence-electron chi connectivity index (χ4n) is 4.27. The molecule has 172 valence electrons. The molecule has 0 radical (unpaired) electrons. The highest BCUT2D eigenvalue weighted by Gasteiger charge is 2.26. The number of amides is 1. The molecule has 2 aliphatic rings. The quantitative estimate of drug-likeness (QED) is 0.348. The van der Waals surface area contributed by atoms with Crippen LogP contribution in [0.15, 0.2) is 35.5 Å². The molecule has 3 heterocycles. The minimum atomic E-state index is 0.0601. The van der Waals surface area contributed by atoms with Crippen molar-refractivity contribution in [2.24, 2.45) is 5.92 Å². The fourth-order valence-corrected chi connectivity index (χ4v) is 5.30. The summed E-state index contributed by atoms with van der Waals surface area (Å²) in [4.78, 5) is 26.2. The summed E-state index contributed by atoms with van der Waals surface area (Å²) >= 11 is 7.85. The van der Waals surface area contributed by atoms with E-state index in [4.69, 9.17) is 21.3 Å². The Morgan fingerprint density at radius 2 is 1.75 bits per heavy atom. The zero-order valence-corrected chi connectivity index (χ0v) is 20.5. The van der Waals surface area contributed by atoms with E-state index in [1.54, 1.807) is 11.8 Å². The van der Waals surface area contributed by atoms with Gasteiger partial charge in [0.25, 0.3) is 5.91 Å². The van der Waals surface area contributed by atoms with Crippen LogP contribution >= 0.6 is 23.4 Å². The Balaban J connectivity index is 1.36. The number of thioether (sulfide) groups is 1. The first kappa shape index (κ1) is 23.3. The molecule has 32 heavy (non-hydrogen) atoms. The molecule has 8 heteroatoms. The monoisotopic (exact) mass is 474 g/mol. The average Bonchev–Trinajstić information content (AvgIpc) is 2.77. The Morgan fingerprint density at radius 1 is 1.09 bits per heavy atom. The van der Waals surface area contributed by atoms with Crippen molar-refractivity contribution >= 4 is 35.1 Å². The van der Waals surface area contributed by atoms with Gasteiger partial charge in [-0.1, -0.05) is 42.4 Å². The van der Waals surface area contributed by atoms with Crippen molar-refractivity contribution in [1.82, 2.24) is 14.9 Å². The summed E-state index contributed by atoms with van der Waals surface area (Å²) in [5.74, 6) is 2.46. The lowest BCUT2D eigenvalue weighted by Gasteiger charge is -2.35. The topological polar surface area (TPSA) is 58.6 Å². The molecule has 0 N–H and O–H groups in total. The van der Waals surface area contributed by atoms with Crippen LogP contribution in [0.2, 0.25) is 5.15 Å². The third kappa shape index (κ3) is 5.94. The smallest absolute Gasteiger partial charge is 0.254 e. The van der Waals surface area contributed by atoms with Crippen molar-refractivity contribution < 1.29 is 9.53 Å². The van der Waals surface area contributed by atoms with Gasteiger partial charge in [-0.2, -0.15) is 0 Å². The lowest BCUT2D eigenvalue weighted by Crippen LogP contribution is -2.48. The first-order chi connectivity index (χ1) is 15.4. The van der Waals surface area contributed by atoms with E-state index in [0.717, 1.165) is 36.1 Å².